The Labute approximate surface area is 123 Å². The van der Waals surface area contributed by atoms with Crippen molar-refractivity contribution >= 4 is 11.3 Å². The van der Waals surface area contributed by atoms with Crippen LogP contribution in [0.2, 0.25) is 0 Å². The van der Waals surface area contributed by atoms with Gasteiger partial charge in [-0.15, -0.1) is 11.3 Å². The molecular weight excluding hydrogens is 252 g/mol. The third-order valence-corrected chi connectivity index (χ3v) is 4.86. The summed E-state index contributed by atoms with van der Waals surface area (Å²) in [4.78, 5) is 1.20. The number of hydrogen-bond acceptors (Lipinski definition) is 2. The molecule has 0 spiro atoms. The highest BCUT2D eigenvalue weighted by molar-refractivity contribution is 7.10. The molecule has 1 aromatic heterocycles. The van der Waals surface area contributed by atoms with Crippen molar-refractivity contribution in [2.75, 3.05) is 0 Å². The van der Waals surface area contributed by atoms with E-state index in [9.17, 15) is 5.11 Å². The summed E-state index contributed by atoms with van der Waals surface area (Å²) in [5.41, 5.74) is 1.33. The van der Waals surface area contributed by atoms with Crippen molar-refractivity contribution in [3.63, 3.8) is 0 Å². The van der Waals surface area contributed by atoms with Crippen LogP contribution in [0.5, 0.6) is 0 Å². The average molecular weight is 282 g/mol. The van der Waals surface area contributed by atoms with Gasteiger partial charge in [0.1, 0.15) is 0 Å². The minimum absolute atomic E-state index is 0.227. The third kappa shape index (κ3) is 6.58. The zero-order valence-corrected chi connectivity index (χ0v) is 13.5. The first kappa shape index (κ1) is 16.7. The van der Waals surface area contributed by atoms with E-state index in [4.69, 9.17) is 0 Å². The fourth-order valence-corrected chi connectivity index (χ4v) is 3.55. The minimum atomic E-state index is -0.227. The smallest absolute Gasteiger partial charge is 0.0884 e. The largest absolute Gasteiger partial charge is 0.388 e. The van der Waals surface area contributed by atoms with E-state index in [2.05, 4.69) is 25.3 Å². The van der Waals surface area contributed by atoms with E-state index in [1.54, 1.807) is 11.3 Å². The van der Waals surface area contributed by atoms with E-state index in [0.717, 1.165) is 19.3 Å². The van der Waals surface area contributed by atoms with E-state index in [1.807, 2.05) is 0 Å². The molecule has 0 bridgehead atoms. The number of aliphatic hydroxyl groups excluding tert-OH is 1. The van der Waals surface area contributed by atoms with Gasteiger partial charge in [0.2, 0.25) is 0 Å². The molecular formula is C17H30OS. The SMILES string of the molecule is CCCCCCCCCCC(O)c1sccc1CC. The molecule has 0 aliphatic rings. The van der Waals surface area contributed by atoms with Crippen molar-refractivity contribution in [2.24, 2.45) is 0 Å². The molecule has 0 saturated carbocycles. The van der Waals surface area contributed by atoms with Crippen LogP contribution in [0, 0.1) is 0 Å². The Morgan fingerprint density at radius 1 is 1.00 bits per heavy atom. The average Bonchev–Trinajstić information content (AvgIpc) is 2.90. The van der Waals surface area contributed by atoms with Gasteiger partial charge < -0.3 is 5.11 Å². The molecule has 110 valence electrons. The lowest BCUT2D eigenvalue weighted by molar-refractivity contribution is 0.166. The molecule has 0 radical (unpaired) electrons. The van der Waals surface area contributed by atoms with Crippen LogP contribution in [0.4, 0.5) is 0 Å². The van der Waals surface area contributed by atoms with E-state index < -0.39 is 0 Å². The monoisotopic (exact) mass is 282 g/mol. The van der Waals surface area contributed by atoms with Crippen LogP contribution < -0.4 is 0 Å². The Hall–Kier alpha value is -0.340. The highest BCUT2D eigenvalue weighted by Crippen LogP contribution is 2.28. The zero-order valence-electron chi connectivity index (χ0n) is 12.7. The normalized spacial score (nSPS) is 12.8. The molecule has 0 fully saturated rings. The van der Waals surface area contributed by atoms with Crippen molar-refractivity contribution in [3.8, 4) is 0 Å². The molecule has 19 heavy (non-hydrogen) atoms. The lowest BCUT2D eigenvalue weighted by Crippen LogP contribution is -1.98. The number of thiophene rings is 1. The summed E-state index contributed by atoms with van der Waals surface area (Å²) in [6.07, 6.45) is 12.4. The predicted octanol–water partition coefficient (Wildman–Crippen LogP) is 5.87. The van der Waals surface area contributed by atoms with Crippen molar-refractivity contribution < 1.29 is 5.11 Å². The van der Waals surface area contributed by atoms with Crippen LogP contribution >= 0.6 is 11.3 Å². The molecule has 0 saturated heterocycles. The second kappa shape index (κ2) is 10.4. The summed E-state index contributed by atoms with van der Waals surface area (Å²) < 4.78 is 0. The molecule has 1 heterocycles. The minimum Gasteiger partial charge on any atom is -0.388 e. The van der Waals surface area contributed by atoms with Crippen LogP contribution in [-0.4, -0.2) is 5.11 Å². The van der Waals surface area contributed by atoms with Gasteiger partial charge in [-0.3, -0.25) is 0 Å². The summed E-state index contributed by atoms with van der Waals surface area (Å²) in [5, 5.41) is 12.3. The molecule has 1 rings (SSSR count). The maximum atomic E-state index is 10.2. The molecule has 1 unspecified atom stereocenters. The number of aryl methyl sites for hydroxylation is 1. The number of rotatable bonds is 11. The number of unbranched alkanes of at least 4 members (excludes halogenated alkanes) is 7. The lowest BCUT2D eigenvalue weighted by atomic mass is 10.0. The maximum Gasteiger partial charge on any atom is 0.0884 e. The zero-order chi connectivity index (χ0) is 13.9. The van der Waals surface area contributed by atoms with Crippen molar-refractivity contribution in [1.29, 1.82) is 0 Å². The Bertz CT molecular complexity index is 319. The molecule has 0 aromatic carbocycles. The standard InChI is InChI=1S/C17H30OS/c1-3-5-6-7-8-9-10-11-12-16(18)17-15(4-2)13-14-19-17/h13-14,16,18H,3-12H2,1-2H3. The van der Waals surface area contributed by atoms with Gasteiger partial charge in [-0.1, -0.05) is 65.2 Å². The van der Waals surface area contributed by atoms with Gasteiger partial charge in [-0.25, -0.2) is 0 Å². The molecule has 2 heteroatoms. The number of hydrogen-bond donors (Lipinski definition) is 1. The summed E-state index contributed by atoms with van der Waals surface area (Å²) in [5.74, 6) is 0. The molecule has 1 nitrogen and oxygen atoms in total. The van der Waals surface area contributed by atoms with E-state index in [1.165, 1.54) is 55.4 Å². The second-order valence-corrected chi connectivity index (χ2v) is 6.39. The number of aliphatic hydroxyl groups is 1. The lowest BCUT2D eigenvalue weighted by Gasteiger charge is -2.10. The first-order valence-corrected chi connectivity index (χ1v) is 8.91. The summed E-state index contributed by atoms with van der Waals surface area (Å²) in [6, 6.07) is 2.15. The Morgan fingerprint density at radius 3 is 2.26 bits per heavy atom. The van der Waals surface area contributed by atoms with Gasteiger partial charge in [0, 0.05) is 4.88 Å². The van der Waals surface area contributed by atoms with Crippen molar-refractivity contribution in [1.82, 2.24) is 0 Å². The van der Waals surface area contributed by atoms with Gasteiger partial charge in [-0.05, 0) is 29.9 Å². The Morgan fingerprint density at radius 2 is 1.63 bits per heavy atom. The highest BCUT2D eigenvalue weighted by atomic mass is 32.1. The van der Waals surface area contributed by atoms with Gasteiger partial charge in [0.25, 0.3) is 0 Å². The van der Waals surface area contributed by atoms with Crippen molar-refractivity contribution in [2.45, 2.75) is 84.2 Å². The Kier molecular flexibility index (Phi) is 9.19. The van der Waals surface area contributed by atoms with Crippen molar-refractivity contribution in [3.05, 3.63) is 21.9 Å². The predicted molar refractivity (Wildman–Crippen MR) is 85.9 cm³/mol. The first-order chi connectivity index (χ1) is 9.29. The van der Waals surface area contributed by atoms with E-state index >= 15 is 0 Å². The van der Waals surface area contributed by atoms with Crippen LogP contribution in [0.25, 0.3) is 0 Å². The van der Waals surface area contributed by atoms with E-state index in [0.29, 0.717) is 0 Å². The molecule has 1 atom stereocenters. The summed E-state index contributed by atoms with van der Waals surface area (Å²) in [7, 11) is 0. The molecule has 1 aromatic rings. The van der Waals surface area contributed by atoms with Crippen LogP contribution in [0.15, 0.2) is 11.4 Å². The van der Waals surface area contributed by atoms with Gasteiger partial charge in [0.15, 0.2) is 0 Å². The molecule has 1 N–H and O–H groups in total. The fraction of sp³-hybridized carbons (Fsp3) is 0.765. The van der Waals surface area contributed by atoms with Crippen LogP contribution in [-0.2, 0) is 6.42 Å². The van der Waals surface area contributed by atoms with Gasteiger partial charge >= 0.3 is 0 Å². The van der Waals surface area contributed by atoms with Crippen LogP contribution in [0.3, 0.4) is 0 Å². The summed E-state index contributed by atoms with van der Waals surface area (Å²) in [6.45, 7) is 4.42. The Balaban J connectivity index is 2.06. The topological polar surface area (TPSA) is 20.2 Å². The molecule has 0 aliphatic carbocycles. The third-order valence-electron chi connectivity index (χ3n) is 3.80. The van der Waals surface area contributed by atoms with E-state index in [-0.39, 0.29) is 6.10 Å². The summed E-state index contributed by atoms with van der Waals surface area (Å²) >= 11 is 1.71. The molecule has 0 amide bonds. The maximum absolute atomic E-state index is 10.2. The van der Waals surface area contributed by atoms with Gasteiger partial charge in [-0.2, -0.15) is 0 Å². The highest BCUT2D eigenvalue weighted by Gasteiger charge is 2.12. The second-order valence-electron chi connectivity index (χ2n) is 5.44. The quantitative estimate of drug-likeness (QED) is 0.503. The molecule has 0 aliphatic heterocycles. The van der Waals surface area contributed by atoms with Crippen LogP contribution in [0.1, 0.15) is 88.2 Å². The fourth-order valence-electron chi connectivity index (χ4n) is 2.53. The first-order valence-electron chi connectivity index (χ1n) is 8.03. The van der Waals surface area contributed by atoms with Gasteiger partial charge in [0.05, 0.1) is 6.10 Å².